The van der Waals surface area contributed by atoms with Crippen molar-refractivity contribution in [3.8, 4) is 5.88 Å². The van der Waals surface area contributed by atoms with Crippen LogP contribution in [0.5, 0.6) is 5.88 Å². The van der Waals surface area contributed by atoms with Gasteiger partial charge in [0.1, 0.15) is 0 Å². The maximum absolute atomic E-state index is 13.0. The van der Waals surface area contributed by atoms with Crippen LogP contribution in [0.1, 0.15) is 11.1 Å². The molecule has 0 spiro atoms. The number of rotatable bonds is 2. The molecule has 3 aromatic rings. The first-order chi connectivity index (χ1) is 12.3. The van der Waals surface area contributed by atoms with E-state index in [9.17, 15) is 18.3 Å². The molecular weight excluding hydrogens is 365 g/mol. The number of benzene rings is 2. The molecule has 0 unspecified atom stereocenters. The quantitative estimate of drug-likeness (QED) is 0.397. The Kier molecular flexibility index (Phi) is 4.64. The lowest BCUT2D eigenvalue weighted by molar-refractivity contribution is -0.136. The molecule has 3 rings (SSSR count). The predicted octanol–water partition coefficient (Wildman–Crippen LogP) is 5.68. The third kappa shape index (κ3) is 3.52. The number of H-pyrrole nitrogens is 1. The highest BCUT2D eigenvalue weighted by Gasteiger charge is 2.33. The molecule has 134 valence electrons. The number of nitrogens with one attached hydrogen (secondary N) is 2. The molecule has 0 saturated carbocycles. The van der Waals surface area contributed by atoms with Crippen LogP contribution in [0.3, 0.4) is 0 Å². The second-order valence-electron chi connectivity index (χ2n) is 5.49. The largest absolute Gasteiger partial charge is 0.493 e. The van der Waals surface area contributed by atoms with Crippen molar-refractivity contribution in [3.05, 3.63) is 53.6 Å². The topological polar surface area (TPSA) is 72.8 Å². The number of para-hydroxylation sites is 2. The minimum absolute atomic E-state index is 0.164. The van der Waals surface area contributed by atoms with Crippen molar-refractivity contribution < 1.29 is 18.3 Å². The summed E-state index contributed by atoms with van der Waals surface area (Å²) in [5, 5.41) is 20.4. The van der Waals surface area contributed by atoms with Crippen molar-refractivity contribution >= 4 is 39.6 Å². The lowest BCUT2D eigenvalue weighted by Gasteiger charge is -2.12. The summed E-state index contributed by atoms with van der Waals surface area (Å²) >= 11 is 4.95. The minimum Gasteiger partial charge on any atom is -0.493 e. The molecule has 0 aliphatic heterocycles. The van der Waals surface area contributed by atoms with Crippen molar-refractivity contribution in [2.45, 2.75) is 13.1 Å². The van der Waals surface area contributed by atoms with E-state index in [1.807, 2.05) is 13.0 Å². The first kappa shape index (κ1) is 17.9. The molecule has 0 radical (unpaired) electrons. The van der Waals surface area contributed by atoms with Crippen LogP contribution in [0, 0.1) is 6.92 Å². The van der Waals surface area contributed by atoms with Gasteiger partial charge in [-0.1, -0.05) is 30.3 Å². The Bertz CT molecular complexity index is 1010. The number of hydrogen-bond acceptors (Lipinski definition) is 3. The zero-order chi connectivity index (χ0) is 18.9. The fourth-order valence-electron chi connectivity index (χ4n) is 2.51. The van der Waals surface area contributed by atoms with Crippen LogP contribution in [-0.2, 0) is 6.18 Å². The maximum Gasteiger partial charge on any atom is 0.418 e. The number of aromatic nitrogens is 1. The van der Waals surface area contributed by atoms with Crippen molar-refractivity contribution in [3.63, 3.8) is 0 Å². The lowest BCUT2D eigenvalue weighted by atomic mass is 10.1. The number of aryl methyl sites for hydroxylation is 1. The van der Waals surface area contributed by atoms with Crippen LogP contribution in [0.15, 0.2) is 52.7 Å². The van der Waals surface area contributed by atoms with Crippen molar-refractivity contribution in [2.24, 2.45) is 10.2 Å². The molecule has 0 fully saturated rings. The first-order valence-corrected chi connectivity index (χ1v) is 7.87. The number of azo groups is 1. The number of anilines is 1. The molecule has 1 aromatic heterocycles. The number of fused-ring (bicyclic) bond motifs is 1. The number of alkyl halides is 3. The Labute approximate surface area is 151 Å². The summed E-state index contributed by atoms with van der Waals surface area (Å²) in [6, 6.07) is 10.3. The van der Waals surface area contributed by atoms with Crippen LogP contribution in [-0.4, -0.2) is 15.2 Å². The average Bonchev–Trinajstić information content (AvgIpc) is 2.89. The van der Waals surface area contributed by atoms with E-state index < -0.39 is 11.7 Å². The molecule has 0 aliphatic rings. The number of aromatic hydroxyl groups is 1. The van der Waals surface area contributed by atoms with Gasteiger partial charge in [0, 0.05) is 5.39 Å². The molecule has 0 amide bonds. The van der Waals surface area contributed by atoms with E-state index in [-0.39, 0.29) is 22.4 Å². The van der Waals surface area contributed by atoms with E-state index in [2.05, 4.69) is 20.5 Å². The maximum atomic E-state index is 13.0. The monoisotopic (exact) mass is 378 g/mol. The van der Waals surface area contributed by atoms with Gasteiger partial charge in [-0.15, -0.1) is 10.2 Å². The summed E-state index contributed by atoms with van der Waals surface area (Å²) in [4.78, 5) is 2.79. The molecular formula is C17H13F3N4OS. The van der Waals surface area contributed by atoms with Crippen LogP contribution < -0.4 is 5.32 Å². The fraction of sp³-hybridized carbons (Fsp3) is 0.118. The standard InChI is InChI=1S/C17H13F3N4OS/c1-9-5-4-6-10-13(9)22-15(25)14(10)23-24-16(26)21-12-8-3-2-7-11(12)17(18,19)20/h2-8,22,25H,1H3,(H,21,26). The second-order valence-corrected chi connectivity index (χ2v) is 5.88. The molecule has 26 heavy (non-hydrogen) atoms. The van der Waals surface area contributed by atoms with E-state index in [0.29, 0.717) is 10.9 Å². The molecule has 0 saturated heterocycles. The van der Waals surface area contributed by atoms with Crippen LogP contribution in [0.2, 0.25) is 0 Å². The molecule has 1 heterocycles. The summed E-state index contributed by atoms with van der Waals surface area (Å²) in [6.45, 7) is 1.86. The highest BCUT2D eigenvalue weighted by molar-refractivity contribution is 7.80. The Morgan fingerprint density at radius 1 is 1.15 bits per heavy atom. The summed E-state index contributed by atoms with van der Waals surface area (Å²) in [6.07, 6.45) is -4.52. The van der Waals surface area contributed by atoms with Crippen LogP contribution in [0.4, 0.5) is 24.5 Å². The Morgan fingerprint density at radius 2 is 1.88 bits per heavy atom. The molecule has 3 N–H and O–H groups in total. The van der Waals surface area contributed by atoms with Gasteiger partial charge in [-0.3, -0.25) is 0 Å². The van der Waals surface area contributed by atoms with Gasteiger partial charge < -0.3 is 15.4 Å². The number of hydrogen-bond donors (Lipinski definition) is 3. The lowest BCUT2D eigenvalue weighted by Crippen LogP contribution is -2.13. The van der Waals surface area contributed by atoms with E-state index in [1.54, 1.807) is 12.1 Å². The van der Waals surface area contributed by atoms with Gasteiger partial charge in [0.15, 0.2) is 5.69 Å². The minimum atomic E-state index is -4.52. The molecule has 9 heteroatoms. The second kappa shape index (κ2) is 6.75. The normalized spacial score (nSPS) is 12.0. The summed E-state index contributed by atoms with van der Waals surface area (Å²) < 4.78 is 39.0. The summed E-state index contributed by atoms with van der Waals surface area (Å²) in [5.74, 6) is -0.198. The number of nitrogens with zero attached hydrogens (tertiary/aromatic N) is 2. The Hall–Kier alpha value is -2.94. The van der Waals surface area contributed by atoms with E-state index in [4.69, 9.17) is 12.2 Å². The molecule has 5 nitrogen and oxygen atoms in total. The fourth-order valence-corrected chi connectivity index (χ4v) is 2.66. The summed E-state index contributed by atoms with van der Waals surface area (Å²) in [7, 11) is 0. The van der Waals surface area contributed by atoms with Gasteiger partial charge in [0.2, 0.25) is 11.0 Å². The van der Waals surface area contributed by atoms with E-state index >= 15 is 0 Å². The number of thiocarbonyl (C=S) groups is 1. The van der Waals surface area contributed by atoms with Gasteiger partial charge in [0.25, 0.3) is 0 Å². The van der Waals surface area contributed by atoms with Gasteiger partial charge in [-0.05, 0) is 36.8 Å². The molecule has 0 bridgehead atoms. The van der Waals surface area contributed by atoms with E-state index in [1.165, 1.54) is 18.2 Å². The highest BCUT2D eigenvalue weighted by Crippen LogP contribution is 2.37. The van der Waals surface area contributed by atoms with Crippen molar-refractivity contribution in [2.75, 3.05) is 5.32 Å². The Balaban J connectivity index is 1.86. The van der Waals surface area contributed by atoms with E-state index in [0.717, 1.165) is 11.6 Å². The Morgan fingerprint density at radius 3 is 2.62 bits per heavy atom. The smallest absolute Gasteiger partial charge is 0.418 e. The predicted molar refractivity (Wildman–Crippen MR) is 96.9 cm³/mol. The van der Waals surface area contributed by atoms with Gasteiger partial charge in [-0.2, -0.15) is 13.2 Å². The van der Waals surface area contributed by atoms with Crippen LogP contribution in [0.25, 0.3) is 10.9 Å². The summed E-state index contributed by atoms with van der Waals surface area (Å²) in [5.41, 5.74) is 0.683. The van der Waals surface area contributed by atoms with Crippen LogP contribution >= 0.6 is 12.2 Å². The molecule has 0 atom stereocenters. The third-order valence-corrected chi connectivity index (χ3v) is 3.89. The van der Waals surface area contributed by atoms with Gasteiger partial charge >= 0.3 is 6.18 Å². The van der Waals surface area contributed by atoms with Crippen molar-refractivity contribution in [1.29, 1.82) is 0 Å². The molecule has 2 aromatic carbocycles. The third-order valence-electron chi connectivity index (χ3n) is 3.71. The zero-order valence-corrected chi connectivity index (χ0v) is 14.2. The SMILES string of the molecule is Cc1cccc2c(N=NC(=S)Nc3ccccc3C(F)(F)F)c(O)[nH]c12. The highest BCUT2D eigenvalue weighted by atomic mass is 32.1. The number of aromatic amines is 1. The van der Waals surface area contributed by atoms with Gasteiger partial charge in [-0.25, -0.2) is 0 Å². The molecule has 0 aliphatic carbocycles. The van der Waals surface area contributed by atoms with Crippen molar-refractivity contribution in [1.82, 2.24) is 4.98 Å². The average molecular weight is 378 g/mol. The first-order valence-electron chi connectivity index (χ1n) is 7.46. The van der Waals surface area contributed by atoms with Gasteiger partial charge in [0.05, 0.1) is 16.8 Å². The number of halogens is 3. The zero-order valence-electron chi connectivity index (χ0n) is 13.4.